The molecule has 23 heavy (non-hydrogen) atoms. The van der Waals surface area contributed by atoms with Crippen LogP contribution in [0.5, 0.6) is 11.5 Å². The average molecular weight is 334 g/mol. The Balaban J connectivity index is 1.96. The molecular formula is C16H16ClN3O3. The second kappa shape index (κ2) is 8.05. The number of hydrogen-bond acceptors (Lipinski definition) is 4. The summed E-state index contributed by atoms with van der Waals surface area (Å²) in [7, 11) is 3.11. The van der Waals surface area contributed by atoms with Crippen molar-refractivity contribution in [1.82, 2.24) is 5.43 Å². The molecule has 2 N–H and O–H groups in total. The molecule has 0 unspecified atom stereocenters. The molecule has 0 spiro atoms. The van der Waals surface area contributed by atoms with Gasteiger partial charge in [-0.2, -0.15) is 5.10 Å². The Hall–Kier alpha value is -2.73. The summed E-state index contributed by atoms with van der Waals surface area (Å²) < 4.78 is 10.3. The van der Waals surface area contributed by atoms with E-state index < -0.39 is 6.03 Å². The molecule has 0 aliphatic heterocycles. The van der Waals surface area contributed by atoms with Crippen molar-refractivity contribution in [2.24, 2.45) is 5.10 Å². The molecule has 0 radical (unpaired) electrons. The van der Waals surface area contributed by atoms with Gasteiger partial charge in [-0.25, -0.2) is 10.2 Å². The number of nitrogens with one attached hydrogen (secondary N) is 2. The number of anilines is 1. The summed E-state index contributed by atoms with van der Waals surface area (Å²) in [6.45, 7) is 0. The first-order chi connectivity index (χ1) is 11.1. The third kappa shape index (κ3) is 4.62. The monoisotopic (exact) mass is 333 g/mol. The first-order valence-electron chi connectivity index (χ1n) is 6.70. The largest absolute Gasteiger partial charge is 0.493 e. The van der Waals surface area contributed by atoms with E-state index in [0.29, 0.717) is 22.2 Å². The van der Waals surface area contributed by atoms with E-state index in [0.717, 1.165) is 5.56 Å². The van der Waals surface area contributed by atoms with Gasteiger partial charge in [0.2, 0.25) is 0 Å². The maximum atomic E-state index is 11.7. The summed E-state index contributed by atoms with van der Waals surface area (Å²) >= 11 is 5.95. The minimum atomic E-state index is -0.491. The summed E-state index contributed by atoms with van der Waals surface area (Å²) in [6, 6.07) is 11.7. The number of hydrogen-bond donors (Lipinski definition) is 2. The normalized spacial score (nSPS) is 10.4. The fourth-order valence-corrected chi connectivity index (χ4v) is 1.99. The molecule has 120 valence electrons. The summed E-state index contributed by atoms with van der Waals surface area (Å²) in [5.74, 6) is 1.20. The van der Waals surface area contributed by atoms with Gasteiger partial charge in [-0.1, -0.05) is 23.7 Å². The fraction of sp³-hybridized carbons (Fsp3) is 0.125. The lowest BCUT2D eigenvalue weighted by Gasteiger charge is -2.07. The summed E-state index contributed by atoms with van der Waals surface area (Å²) in [6.07, 6.45) is 1.49. The molecule has 0 saturated heterocycles. The smallest absolute Gasteiger partial charge is 0.339 e. The Morgan fingerprint density at radius 3 is 2.57 bits per heavy atom. The minimum absolute atomic E-state index is 0.450. The van der Waals surface area contributed by atoms with E-state index in [1.54, 1.807) is 56.7 Å². The highest BCUT2D eigenvalue weighted by Crippen LogP contribution is 2.26. The lowest BCUT2D eigenvalue weighted by atomic mass is 10.2. The van der Waals surface area contributed by atoms with Crippen LogP contribution in [-0.4, -0.2) is 26.5 Å². The van der Waals surface area contributed by atoms with Crippen molar-refractivity contribution in [3.63, 3.8) is 0 Å². The summed E-state index contributed by atoms with van der Waals surface area (Å²) in [5, 5.41) is 6.92. The number of rotatable bonds is 5. The number of benzene rings is 2. The van der Waals surface area contributed by atoms with Crippen LogP contribution in [0.15, 0.2) is 47.6 Å². The molecule has 0 aliphatic rings. The molecular weight excluding hydrogens is 318 g/mol. The van der Waals surface area contributed by atoms with Crippen LogP contribution in [0.3, 0.4) is 0 Å². The molecule has 2 aromatic carbocycles. The molecule has 0 bridgehead atoms. The quantitative estimate of drug-likeness (QED) is 0.649. The van der Waals surface area contributed by atoms with Gasteiger partial charge < -0.3 is 14.8 Å². The van der Waals surface area contributed by atoms with Crippen LogP contribution in [0.2, 0.25) is 5.02 Å². The van der Waals surface area contributed by atoms with Crippen molar-refractivity contribution in [3.8, 4) is 11.5 Å². The number of urea groups is 1. The molecule has 7 heteroatoms. The fourth-order valence-electron chi connectivity index (χ4n) is 1.81. The van der Waals surface area contributed by atoms with Gasteiger partial charge >= 0.3 is 6.03 Å². The maximum Gasteiger partial charge on any atom is 0.339 e. The van der Waals surface area contributed by atoms with Crippen LogP contribution in [-0.2, 0) is 0 Å². The molecule has 0 atom stereocenters. The van der Waals surface area contributed by atoms with Gasteiger partial charge in [0, 0.05) is 0 Å². The van der Waals surface area contributed by atoms with E-state index in [1.165, 1.54) is 6.21 Å². The Morgan fingerprint density at radius 1 is 1.13 bits per heavy atom. The topological polar surface area (TPSA) is 72.0 Å². The number of hydrazone groups is 1. The molecule has 0 fully saturated rings. The second-order valence-electron chi connectivity index (χ2n) is 4.42. The maximum absolute atomic E-state index is 11.7. The second-order valence-corrected chi connectivity index (χ2v) is 4.83. The van der Waals surface area contributed by atoms with Crippen LogP contribution in [0, 0.1) is 0 Å². The van der Waals surface area contributed by atoms with E-state index in [9.17, 15) is 4.79 Å². The highest BCUT2D eigenvalue weighted by atomic mass is 35.5. The van der Waals surface area contributed by atoms with Gasteiger partial charge in [-0.3, -0.25) is 0 Å². The standard InChI is InChI=1S/C16H16ClN3O3/c1-22-14-8-7-11(9-15(14)23-2)10-18-20-16(21)19-13-6-4-3-5-12(13)17/h3-10H,1-2H3,(H2,19,20,21)/b18-10+. The predicted molar refractivity (Wildman–Crippen MR) is 90.7 cm³/mol. The summed E-state index contributed by atoms with van der Waals surface area (Å²) in [5.41, 5.74) is 3.62. The van der Waals surface area contributed by atoms with Crippen LogP contribution >= 0.6 is 11.6 Å². The van der Waals surface area contributed by atoms with Crippen LogP contribution in [0.25, 0.3) is 0 Å². The number of carbonyl (C=O) groups excluding carboxylic acids is 1. The van der Waals surface area contributed by atoms with Crippen molar-refractivity contribution in [1.29, 1.82) is 0 Å². The van der Waals surface area contributed by atoms with Gasteiger partial charge in [-0.15, -0.1) is 0 Å². The van der Waals surface area contributed by atoms with Crippen LogP contribution in [0.1, 0.15) is 5.56 Å². The number of para-hydroxylation sites is 1. The molecule has 2 rings (SSSR count). The van der Waals surface area contributed by atoms with E-state index in [-0.39, 0.29) is 0 Å². The highest BCUT2D eigenvalue weighted by molar-refractivity contribution is 6.33. The molecule has 0 heterocycles. The Labute approximate surface area is 139 Å². The molecule has 6 nitrogen and oxygen atoms in total. The molecule has 0 aromatic heterocycles. The lowest BCUT2D eigenvalue weighted by molar-refractivity contribution is 0.252. The molecule has 0 aliphatic carbocycles. The average Bonchev–Trinajstić information content (AvgIpc) is 2.56. The van der Waals surface area contributed by atoms with Crippen molar-refractivity contribution < 1.29 is 14.3 Å². The lowest BCUT2D eigenvalue weighted by Crippen LogP contribution is -2.24. The van der Waals surface area contributed by atoms with Gasteiger partial charge in [0.15, 0.2) is 11.5 Å². The van der Waals surface area contributed by atoms with Gasteiger partial charge in [0.1, 0.15) is 0 Å². The number of nitrogens with zero attached hydrogens (tertiary/aromatic N) is 1. The first kappa shape index (κ1) is 16.6. The molecule has 2 aromatic rings. The Bertz CT molecular complexity index is 719. The van der Waals surface area contributed by atoms with E-state index >= 15 is 0 Å². The van der Waals surface area contributed by atoms with Gasteiger partial charge in [-0.05, 0) is 35.9 Å². The Kier molecular flexibility index (Phi) is 5.82. The first-order valence-corrected chi connectivity index (χ1v) is 7.08. The van der Waals surface area contributed by atoms with Crippen LogP contribution in [0.4, 0.5) is 10.5 Å². The Morgan fingerprint density at radius 2 is 1.87 bits per heavy atom. The van der Waals surface area contributed by atoms with Crippen LogP contribution < -0.4 is 20.2 Å². The number of amides is 2. The predicted octanol–water partition coefficient (Wildman–Crippen LogP) is 3.51. The third-order valence-corrected chi connectivity index (χ3v) is 3.24. The zero-order valence-corrected chi connectivity index (χ0v) is 13.4. The van der Waals surface area contributed by atoms with Gasteiger partial charge in [0.05, 0.1) is 31.1 Å². The summed E-state index contributed by atoms with van der Waals surface area (Å²) in [4.78, 5) is 11.7. The zero-order chi connectivity index (χ0) is 16.7. The van der Waals surface area contributed by atoms with E-state index in [4.69, 9.17) is 21.1 Å². The number of halogens is 1. The molecule has 2 amide bonds. The van der Waals surface area contributed by atoms with Crippen molar-refractivity contribution in [3.05, 3.63) is 53.1 Å². The zero-order valence-electron chi connectivity index (χ0n) is 12.7. The van der Waals surface area contributed by atoms with Crippen molar-refractivity contribution >= 4 is 29.5 Å². The number of methoxy groups -OCH3 is 2. The molecule has 0 saturated carbocycles. The van der Waals surface area contributed by atoms with Crippen molar-refractivity contribution in [2.75, 3.05) is 19.5 Å². The highest BCUT2D eigenvalue weighted by Gasteiger charge is 2.04. The third-order valence-electron chi connectivity index (χ3n) is 2.91. The number of ether oxygens (including phenoxy) is 2. The SMILES string of the molecule is COc1ccc(/C=N/NC(=O)Nc2ccccc2Cl)cc1OC. The van der Waals surface area contributed by atoms with E-state index in [1.807, 2.05) is 0 Å². The van der Waals surface area contributed by atoms with Gasteiger partial charge in [0.25, 0.3) is 0 Å². The number of carbonyl (C=O) groups is 1. The minimum Gasteiger partial charge on any atom is -0.493 e. The van der Waals surface area contributed by atoms with E-state index in [2.05, 4.69) is 15.8 Å². The van der Waals surface area contributed by atoms with Crippen molar-refractivity contribution in [2.45, 2.75) is 0 Å².